The largest absolute Gasteiger partial charge is 0.383 e. The Kier molecular flexibility index (Phi) is 1.32. The highest BCUT2D eigenvalue weighted by Gasteiger charge is 2.17. The van der Waals surface area contributed by atoms with Crippen molar-refractivity contribution in [1.82, 2.24) is 0 Å². The van der Waals surface area contributed by atoms with E-state index < -0.39 is 0 Å². The van der Waals surface area contributed by atoms with Crippen LogP contribution in [-0.2, 0) is 0 Å². The van der Waals surface area contributed by atoms with Crippen molar-refractivity contribution in [3.05, 3.63) is 29.6 Å². The van der Waals surface area contributed by atoms with Crippen molar-refractivity contribution in [3.63, 3.8) is 0 Å². The lowest BCUT2D eigenvalue weighted by molar-refractivity contribution is 0.624. The predicted octanol–water partition coefficient (Wildman–Crippen LogP) is 1.25. The average Bonchev–Trinajstić information content (AvgIpc) is 2.33. The lowest BCUT2D eigenvalue weighted by Crippen LogP contribution is -2.11. The van der Waals surface area contributed by atoms with E-state index in [1.165, 1.54) is 12.1 Å². The molecule has 0 aromatic heterocycles. The molecule has 58 valence electrons. The number of rotatable bonds is 0. The molecule has 1 aliphatic rings. The summed E-state index contributed by atoms with van der Waals surface area (Å²) in [7, 11) is 0. The third kappa shape index (κ3) is 0.973. The fraction of sp³-hybridized carbons (Fsp3) is 0.250. The third-order valence-electron chi connectivity index (χ3n) is 1.93. The molecule has 0 saturated carbocycles. The zero-order valence-electron chi connectivity index (χ0n) is 5.97. The topological polar surface area (TPSA) is 38.0 Å². The standard InChI is InChI=1S/C8H9FN2/c9-5-1-2-8-6(3-5)7(10)4-11-8/h1-3,7,11H,4,10H2. The summed E-state index contributed by atoms with van der Waals surface area (Å²) in [6.07, 6.45) is 0. The number of nitrogens with one attached hydrogen (secondary N) is 1. The van der Waals surface area contributed by atoms with Crippen LogP contribution in [0.1, 0.15) is 11.6 Å². The highest BCUT2D eigenvalue weighted by molar-refractivity contribution is 5.57. The molecule has 1 aliphatic heterocycles. The third-order valence-corrected chi connectivity index (χ3v) is 1.93. The molecule has 0 radical (unpaired) electrons. The van der Waals surface area contributed by atoms with Crippen molar-refractivity contribution in [2.75, 3.05) is 11.9 Å². The highest BCUT2D eigenvalue weighted by atomic mass is 19.1. The average molecular weight is 152 g/mol. The van der Waals surface area contributed by atoms with Gasteiger partial charge in [0.05, 0.1) is 0 Å². The summed E-state index contributed by atoms with van der Waals surface area (Å²) in [5, 5.41) is 3.09. The van der Waals surface area contributed by atoms with Crippen LogP contribution in [0.4, 0.5) is 10.1 Å². The van der Waals surface area contributed by atoms with Crippen LogP contribution < -0.4 is 11.1 Å². The van der Waals surface area contributed by atoms with Crippen LogP contribution in [-0.4, -0.2) is 6.54 Å². The summed E-state index contributed by atoms with van der Waals surface area (Å²) in [6.45, 7) is 0.707. The first-order chi connectivity index (χ1) is 5.27. The van der Waals surface area contributed by atoms with E-state index in [2.05, 4.69) is 5.32 Å². The van der Waals surface area contributed by atoms with Crippen LogP contribution in [0.5, 0.6) is 0 Å². The minimum absolute atomic E-state index is 0.0549. The summed E-state index contributed by atoms with van der Waals surface area (Å²) in [5.74, 6) is -0.220. The molecule has 0 aliphatic carbocycles. The van der Waals surface area contributed by atoms with Gasteiger partial charge in [-0.25, -0.2) is 4.39 Å². The molecule has 1 unspecified atom stereocenters. The second-order valence-electron chi connectivity index (χ2n) is 2.72. The van der Waals surface area contributed by atoms with Gasteiger partial charge in [0.15, 0.2) is 0 Å². The number of anilines is 1. The van der Waals surface area contributed by atoms with Gasteiger partial charge >= 0.3 is 0 Å². The van der Waals surface area contributed by atoms with Crippen LogP contribution in [0.25, 0.3) is 0 Å². The van der Waals surface area contributed by atoms with Gasteiger partial charge in [-0.05, 0) is 23.8 Å². The van der Waals surface area contributed by atoms with E-state index in [1.54, 1.807) is 6.07 Å². The molecule has 0 amide bonds. The minimum Gasteiger partial charge on any atom is -0.383 e. The predicted molar refractivity (Wildman–Crippen MR) is 41.8 cm³/mol. The van der Waals surface area contributed by atoms with Crippen molar-refractivity contribution in [1.29, 1.82) is 0 Å². The Morgan fingerprint density at radius 2 is 2.36 bits per heavy atom. The Hall–Kier alpha value is -1.09. The van der Waals surface area contributed by atoms with Gasteiger partial charge in [-0.15, -0.1) is 0 Å². The van der Waals surface area contributed by atoms with E-state index in [9.17, 15) is 4.39 Å². The Morgan fingerprint density at radius 1 is 1.55 bits per heavy atom. The first-order valence-electron chi connectivity index (χ1n) is 3.56. The van der Waals surface area contributed by atoms with Crippen molar-refractivity contribution >= 4 is 5.69 Å². The normalized spacial score (nSPS) is 21.1. The Morgan fingerprint density at radius 3 is 3.18 bits per heavy atom. The van der Waals surface area contributed by atoms with Gasteiger partial charge in [-0.3, -0.25) is 0 Å². The van der Waals surface area contributed by atoms with Gasteiger partial charge in [0.25, 0.3) is 0 Å². The molecule has 11 heavy (non-hydrogen) atoms. The minimum atomic E-state index is -0.220. The fourth-order valence-corrected chi connectivity index (χ4v) is 1.33. The molecule has 0 fully saturated rings. The number of nitrogens with two attached hydrogens (primary N) is 1. The quantitative estimate of drug-likeness (QED) is 0.587. The van der Waals surface area contributed by atoms with E-state index >= 15 is 0 Å². The van der Waals surface area contributed by atoms with Crippen LogP contribution in [0.3, 0.4) is 0 Å². The number of fused-ring (bicyclic) bond motifs is 1. The second-order valence-corrected chi connectivity index (χ2v) is 2.72. The van der Waals surface area contributed by atoms with E-state index in [-0.39, 0.29) is 11.9 Å². The summed E-state index contributed by atoms with van der Waals surface area (Å²) >= 11 is 0. The Balaban J connectivity index is 2.52. The number of hydrogen-bond donors (Lipinski definition) is 2. The molecule has 1 heterocycles. The van der Waals surface area contributed by atoms with Gasteiger partial charge < -0.3 is 11.1 Å². The number of halogens is 1. The number of benzene rings is 1. The molecular weight excluding hydrogens is 143 g/mol. The molecule has 0 bridgehead atoms. The first kappa shape index (κ1) is 6.61. The van der Waals surface area contributed by atoms with E-state index in [0.717, 1.165) is 11.3 Å². The van der Waals surface area contributed by atoms with Crippen molar-refractivity contribution in [2.45, 2.75) is 6.04 Å². The van der Waals surface area contributed by atoms with Gasteiger partial charge in [-0.1, -0.05) is 0 Å². The summed E-state index contributed by atoms with van der Waals surface area (Å²) in [4.78, 5) is 0. The summed E-state index contributed by atoms with van der Waals surface area (Å²) < 4.78 is 12.7. The molecule has 1 aromatic rings. The fourth-order valence-electron chi connectivity index (χ4n) is 1.33. The van der Waals surface area contributed by atoms with Gasteiger partial charge in [0, 0.05) is 18.3 Å². The maximum atomic E-state index is 12.7. The smallest absolute Gasteiger partial charge is 0.123 e. The maximum absolute atomic E-state index is 12.7. The second kappa shape index (κ2) is 2.20. The Labute approximate surface area is 64.2 Å². The first-order valence-corrected chi connectivity index (χ1v) is 3.56. The molecule has 1 aromatic carbocycles. The summed E-state index contributed by atoms with van der Waals surface area (Å²) in [5.41, 5.74) is 7.52. The van der Waals surface area contributed by atoms with Crippen molar-refractivity contribution < 1.29 is 4.39 Å². The van der Waals surface area contributed by atoms with E-state index in [4.69, 9.17) is 5.73 Å². The SMILES string of the molecule is NC1CNc2ccc(F)cc21. The zero-order chi connectivity index (χ0) is 7.84. The molecule has 0 saturated heterocycles. The van der Waals surface area contributed by atoms with Gasteiger partial charge in [0.2, 0.25) is 0 Å². The van der Waals surface area contributed by atoms with Gasteiger partial charge in [0.1, 0.15) is 5.82 Å². The van der Waals surface area contributed by atoms with Crippen LogP contribution in [0.15, 0.2) is 18.2 Å². The molecule has 1 atom stereocenters. The van der Waals surface area contributed by atoms with Crippen molar-refractivity contribution in [3.8, 4) is 0 Å². The van der Waals surface area contributed by atoms with E-state index in [0.29, 0.717) is 6.54 Å². The lowest BCUT2D eigenvalue weighted by atomic mass is 10.1. The Bertz CT molecular complexity index is 285. The number of hydrogen-bond acceptors (Lipinski definition) is 2. The van der Waals surface area contributed by atoms with Crippen LogP contribution in [0, 0.1) is 5.82 Å². The lowest BCUT2D eigenvalue weighted by Gasteiger charge is -2.00. The van der Waals surface area contributed by atoms with Gasteiger partial charge in [-0.2, -0.15) is 0 Å². The molecule has 0 spiro atoms. The maximum Gasteiger partial charge on any atom is 0.123 e. The monoisotopic (exact) mass is 152 g/mol. The summed E-state index contributed by atoms with van der Waals surface area (Å²) in [6, 6.07) is 4.59. The van der Waals surface area contributed by atoms with Crippen LogP contribution >= 0.6 is 0 Å². The molecule has 2 nitrogen and oxygen atoms in total. The molecule has 3 N–H and O–H groups in total. The van der Waals surface area contributed by atoms with Crippen LogP contribution in [0.2, 0.25) is 0 Å². The zero-order valence-corrected chi connectivity index (χ0v) is 5.97. The van der Waals surface area contributed by atoms with Crippen molar-refractivity contribution in [2.24, 2.45) is 5.73 Å². The highest BCUT2D eigenvalue weighted by Crippen LogP contribution is 2.27. The molecular formula is C8H9FN2. The molecule has 3 heteroatoms. The van der Waals surface area contributed by atoms with E-state index in [1.807, 2.05) is 0 Å². The molecule has 2 rings (SSSR count).